The van der Waals surface area contributed by atoms with Gasteiger partial charge in [0.1, 0.15) is 5.75 Å². The Kier molecular flexibility index (Phi) is 5.41. The Balaban J connectivity index is 1.77. The van der Waals surface area contributed by atoms with Crippen LogP contribution in [0.4, 0.5) is 0 Å². The lowest BCUT2D eigenvalue weighted by atomic mass is 9.98. The standard InChI is InChI=1S/C16H23NO3/c1-13-5-3-4-6-15(13)20-12-16(18)17-9-7-14(8-10-17)11-19-2/h3-6,14H,7-12H2,1-2H3. The number of ether oxygens (including phenoxy) is 2. The zero-order valence-electron chi connectivity index (χ0n) is 12.3. The molecule has 1 saturated heterocycles. The first-order chi connectivity index (χ1) is 9.70. The van der Waals surface area contributed by atoms with Gasteiger partial charge in [-0.1, -0.05) is 18.2 Å². The number of hydrogen-bond acceptors (Lipinski definition) is 3. The van der Waals surface area contributed by atoms with Crippen LogP contribution in [0.25, 0.3) is 0 Å². The van der Waals surface area contributed by atoms with Crippen LogP contribution in [0.15, 0.2) is 24.3 Å². The third-order valence-corrected chi connectivity index (χ3v) is 3.81. The molecule has 2 rings (SSSR count). The molecule has 0 bridgehead atoms. The summed E-state index contributed by atoms with van der Waals surface area (Å²) in [4.78, 5) is 14.0. The summed E-state index contributed by atoms with van der Waals surface area (Å²) in [6, 6.07) is 7.76. The predicted octanol–water partition coefficient (Wildman–Crippen LogP) is 2.26. The molecule has 1 aliphatic rings. The molecule has 0 unspecified atom stereocenters. The molecule has 20 heavy (non-hydrogen) atoms. The topological polar surface area (TPSA) is 38.8 Å². The van der Waals surface area contributed by atoms with Crippen LogP contribution in [-0.4, -0.2) is 44.2 Å². The Morgan fingerprint density at radius 1 is 1.30 bits per heavy atom. The molecule has 1 aliphatic heterocycles. The number of amides is 1. The van der Waals surface area contributed by atoms with E-state index in [-0.39, 0.29) is 12.5 Å². The summed E-state index contributed by atoms with van der Waals surface area (Å²) in [7, 11) is 1.73. The van der Waals surface area contributed by atoms with E-state index in [4.69, 9.17) is 9.47 Å². The van der Waals surface area contributed by atoms with Gasteiger partial charge in [0.2, 0.25) is 0 Å². The number of para-hydroxylation sites is 1. The van der Waals surface area contributed by atoms with E-state index in [9.17, 15) is 4.79 Å². The molecule has 4 nitrogen and oxygen atoms in total. The van der Waals surface area contributed by atoms with Gasteiger partial charge in [0.15, 0.2) is 6.61 Å². The molecular formula is C16H23NO3. The molecule has 0 aliphatic carbocycles. The van der Waals surface area contributed by atoms with E-state index < -0.39 is 0 Å². The van der Waals surface area contributed by atoms with Crippen LogP contribution in [0.5, 0.6) is 5.75 Å². The summed E-state index contributed by atoms with van der Waals surface area (Å²) in [5.41, 5.74) is 1.05. The van der Waals surface area contributed by atoms with Gasteiger partial charge in [-0.05, 0) is 37.3 Å². The molecule has 0 radical (unpaired) electrons. The van der Waals surface area contributed by atoms with Crippen molar-refractivity contribution in [3.63, 3.8) is 0 Å². The van der Waals surface area contributed by atoms with Crippen LogP contribution in [0.3, 0.4) is 0 Å². The van der Waals surface area contributed by atoms with E-state index in [1.807, 2.05) is 36.1 Å². The first-order valence-electron chi connectivity index (χ1n) is 7.16. The zero-order valence-corrected chi connectivity index (χ0v) is 12.3. The van der Waals surface area contributed by atoms with Crippen LogP contribution in [0.1, 0.15) is 18.4 Å². The summed E-state index contributed by atoms with van der Waals surface area (Å²) in [5.74, 6) is 1.44. The lowest BCUT2D eigenvalue weighted by Gasteiger charge is -2.31. The van der Waals surface area contributed by atoms with Crippen molar-refractivity contribution in [1.29, 1.82) is 0 Å². The number of carbonyl (C=O) groups is 1. The fraction of sp³-hybridized carbons (Fsp3) is 0.562. The molecule has 0 atom stereocenters. The van der Waals surface area contributed by atoms with Gasteiger partial charge in [-0.2, -0.15) is 0 Å². The molecule has 0 N–H and O–H groups in total. The summed E-state index contributed by atoms with van der Waals surface area (Å²) in [5, 5.41) is 0. The number of benzene rings is 1. The van der Waals surface area contributed by atoms with Crippen molar-refractivity contribution in [3.8, 4) is 5.75 Å². The molecule has 1 aromatic rings. The monoisotopic (exact) mass is 277 g/mol. The minimum Gasteiger partial charge on any atom is -0.484 e. The van der Waals surface area contributed by atoms with Gasteiger partial charge >= 0.3 is 0 Å². The fourth-order valence-electron chi connectivity index (χ4n) is 2.53. The molecule has 1 heterocycles. The van der Waals surface area contributed by atoms with Gasteiger partial charge in [-0.3, -0.25) is 4.79 Å². The van der Waals surface area contributed by atoms with E-state index >= 15 is 0 Å². The molecule has 0 aromatic heterocycles. The molecule has 110 valence electrons. The predicted molar refractivity (Wildman–Crippen MR) is 77.9 cm³/mol. The van der Waals surface area contributed by atoms with Crippen molar-refractivity contribution in [1.82, 2.24) is 4.90 Å². The number of nitrogens with zero attached hydrogens (tertiary/aromatic N) is 1. The SMILES string of the molecule is COCC1CCN(C(=O)COc2ccccc2C)CC1. The summed E-state index contributed by atoms with van der Waals surface area (Å²) in [6.45, 7) is 4.52. The lowest BCUT2D eigenvalue weighted by Crippen LogP contribution is -2.41. The average Bonchev–Trinajstić information content (AvgIpc) is 2.47. The highest BCUT2D eigenvalue weighted by Gasteiger charge is 2.22. The first kappa shape index (κ1) is 14.9. The van der Waals surface area contributed by atoms with Crippen LogP contribution in [0, 0.1) is 12.8 Å². The normalized spacial score (nSPS) is 16.2. The minimum atomic E-state index is 0.0733. The zero-order chi connectivity index (χ0) is 14.4. The van der Waals surface area contributed by atoms with Crippen molar-refractivity contribution in [2.45, 2.75) is 19.8 Å². The molecule has 1 fully saturated rings. The molecule has 1 aromatic carbocycles. The Bertz CT molecular complexity index is 439. The molecule has 0 spiro atoms. The van der Waals surface area contributed by atoms with E-state index in [0.29, 0.717) is 5.92 Å². The van der Waals surface area contributed by atoms with Gasteiger partial charge < -0.3 is 14.4 Å². The van der Waals surface area contributed by atoms with E-state index in [1.165, 1.54) is 0 Å². The fourth-order valence-corrected chi connectivity index (χ4v) is 2.53. The highest BCUT2D eigenvalue weighted by atomic mass is 16.5. The Hall–Kier alpha value is -1.55. The quantitative estimate of drug-likeness (QED) is 0.828. The Morgan fingerprint density at radius 2 is 2.00 bits per heavy atom. The smallest absolute Gasteiger partial charge is 0.260 e. The number of rotatable bonds is 5. The van der Waals surface area contributed by atoms with Crippen molar-refractivity contribution >= 4 is 5.91 Å². The average molecular weight is 277 g/mol. The Labute approximate surface area is 120 Å². The van der Waals surface area contributed by atoms with Gasteiger partial charge in [-0.15, -0.1) is 0 Å². The second kappa shape index (κ2) is 7.29. The van der Waals surface area contributed by atoms with E-state index in [2.05, 4.69) is 0 Å². The van der Waals surface area contributed by atoms with Crippen LogP contribution in [0.2, 0.25) is 0 Å². The van der Waals surface area contributed by atoms with Gasteiger partial charge in [0.05, 0.1) is 0 Å². The van der Waals surface area contributed by atoms with Crippen LogP contribution in [-0.2, 0) is 9.53 Å². The van der Waals surface area contributed by atoms with Crippen molar-refractivity contribution in [3.05, 3.63) is 29.8 Å². The van der Waals surface area contributed by atoms with Crippen molar-refractivity contribution in [2.24, 2.45) is 5.92 Å². The van der Waals surface area contributed by atoms with E-state index in [0.717, 1.165) is 43.9 Å². The first-order valence-corrected chi connectivity index (χ1v) is 7.16. The molecular weight excluding hydrogens is 254 g/mol. The van der Waals surface area contributed by atoms with Crippen LogP contribution < -0.4 is 4.74 Å². The molecule has 0 saturated carbocycles. The maximum Gasteiger partial charge on any atom is 0.260 e. The number of hydrogen-bond donors (Lipinski definition) is 0. The lowest BCUT2D eigenvalue weighted by molar-refractivity contribution is -0.135. The summed E-state index contributed by atoms with van der Waals surface area (Å²) in [6.07, 6.45) is 2.04. The molecule has 1 amide bonds. The highest BCUT2D eigenvalue weighted by molar-refractivity contribution is 5.77. The third kappa shape index (κ3) is 3.97. The minimum absolute atomic E-state index is 0.0733. The maximum atomic E-state index is 12.1. The number of carbonyl (C=O) groups excluding carboxylic acids is 1. The van der Waals surface area contributed by atoms with E-state index in [1.54, 1.807) is 7.11 Å². The number of aryl methyl sites for hydroxylation is 1. The second-order valence-corrected chi connectivity index (χ2v) is 5.33. The number of piperidine rings is 1. The largest absolute Gasteiger partial charge is 0.484 e. The summed E-state index contributed by atoms with van der Waals surface area (Å²) < 4.78 is 10.8. The maximum absolute atomic E-state index is 12.1. The van der Waals surface area contributed by atoms with Gasteiger partial charge in [-0.25, -0.2) is 0 Å². The number of likely N-dealkylation sites (tertiary alicyclic amines) is 1. The van der Waals surface area contributed by atoms with Crippen molar-refractivity contribution in [2.75, 3.05) is 33.4 Å². The van der Waals surface area contributed by atoms with Crippen molar-refractivity contribution < 1.29 is 14.3 Å². The third-order valence-electron chi connectivity index (χ3n) is 3.81. The van der Waals surface area contributed by atoms with Gasteiger partial charge in [0.25, 0.3) is 5.91 Å². The van der Waals surface area contributed by atoms with Crippen LogP contribution >= 0.6 is 0 Å². The Morgan fingerprint density at radius 3 is 2.65 bits per heavy atom. The second-order valence-electron chi connectivity index (χ2n) is 5.33. The molecule has 4 heteroatoms. The number of methoxy groups -OCH3 is 1. The van der Waals surface area contributed by atoms with Gasteiger partial charge in [0, 0.05) is 26.8 Å². The summed E-state index contributed by atoms with van der Waals surface area (Å²) >= 11 is 0. The highest BCUT2D eigenvalue weighted by Crippen LogP contribution is 2.19.